The molecular weight excluding hydrogens is 292 g/mol. The first-order chi connectivity index (χ1) is 10.0. The Balaban J connectivity index is 1.80. The molecule has 0 radical (unpaired) electrons. The number of rotatable bonds is 3. The largest absolute Gasteiger partial charge is 0.339 e. The summed E-state index contributed by atoms with van der Waals surface area (Å²) >= 11 is 0. The molecule has 1 aliphatic rings. The van der Waals surface area contributed by atoms with E-state index in [1.807, 2.05) is 6.07 Å². The van der Waals surface area contributed by atoms with Crippen LogP contribution in [0.5, 0.6) is 0 Å². The van der Waals surface area contributed by atoms with Crippen molar-refractivity contribution in [3.05, 3.63) is 30.4 Å². The minimum absolute atomic E-state index is 0.0496. The van der Waals surface area contributed by atoms with Crippen molar-refractivity contribution < 1.29 is 12.9 Å². The number of aromatic nitrogens is 3. The molecule has 112 valence electrons. The zero-order chi connectivity index (χ0) is 14.9. The van der Waals surface area contributed by atoms with E-state index >= 15 is 0 Å². The van der Waals surface area contributed by atoms with Gasteiger partial charge >= 0.3 is 0 Å². The van der Waals surface area contributed by atoms with Crippen LogP contribution in [0.3, 0.4) is 0 Å². The fourth-order valence-corrected chi connectivity index (χ4v) is 3.37. The highest BCUT2D eigenvalue weighted by atomic mass is 32.2. The van der Waals surface area contributed by atoms with Crippen LogP contribution in [-0.4, -0.2) is 47.2 Å². The lowest BCUT2D eigenvalue weighted by molar-refractivity contribution is 0.266. The minimum atomic E-state index is -3.18. The van der Waals surface area contributed by atoms with Crippen molar-refractivity contribution in [2.75, 3.05) is 19.3 Å². The van der Waals surface area contributed by atoms with E-state index in [2.05, 4.69) is 15.1 Å². The summed E-state index contributed by atoms with van der Waals surface area (Å²) in [4.78, 5) is 8.40. The molecule has 0 aromatic carbocycles. The molecular formula is C13H16N4O3S. The van der Waals surface area contributed by atoms with Crippen LogP contribution >= 0.6 is 0 Å². The van der Waals surface area contributed by atoms with Crippen LogP contribution in [0.25, 0.3) is 11.4 Å². The number of piperidine rings is 1. The van der Waals surface area contributed by atoms with Crippen LogP contribution < -0.4 is 0 Å². The van der Waals surface area contributed by atoms with E-state index in [1.165, 1.54) is 10.6 Å². The fourth-order valence-electron chi connectivity index (χ4n) is 2.46. The van der Waals surface area contributed by atoms with E-state index in [0.29, 0.717) is 24.8 Å². The van der Waals surface area contributed by atoms with Gasteiger partial charge < -0.3 is 4.52 Å². The number of sulfonamides is 1. The van der Waals surface area contributed by atoms with Crippen molar-refractivity contribution in [3.63, 3.8) is 0 Å². The summed E-state index contributed by atoms with van der Waals surface area (Å²) < 4.78 is 30.1. The van der Waals surface area contributed by atoms with E-state index in [9.17, 15) is 8.42 Å². The third-order valence-corrected chi connectivity index (χ3v) is 4.83. The predicted octanol–water partition coefficient (Wildman–Crippen LogP) is 1.27. The van der Waals surface area contributed by atoms with Crippen molar-refractivity contribution in [2.24, 2.45) is 0 Å². The SMILES string of the molecule is CS(=O)(=O)N1CCCC(c2nc(-c3cccnc3)no2)C1. The lowest BCUT2D eigenvalue weighted by Crippen LogP contribution is -2.38. The summed E-state index contributed by atoms with van der Waals surface area (Å²) in [6.07, 6.45) is 6.21. The lowest BCUT2D eigenvalue weighted by atomic mass is 10.00. The predicted molar refractivity (Wildman–Crippen MR) is 75.9 cm³/mol. The van der Waals surface area contributed by atoms with Gasteiger partial charge in [0.05, 0.1) is 12.2 Å². The first kappa shape index (κ1) is 14.2. The van der Waals surface area contributed by atoms with Gasteiger partial charge in [0.25, 0.3) is 0 Å². The quantitative estimate of drug-likeness (QED) is 0.848. The third-order valence-electron chi connectivity index (χ3n) is 3.56. The van der Waals surface area contributed by atoms with E-state index in [1.54, 1.807) is 18.5 Å². The van der Waals surface area contributed by atoms with Crippen molar-refractivity contribution >= 4 is 10.0 Å². The van der Waals surface area contributed by atoms with Gasteiger partial charge in [0.15, 0.2) is 0 Å². The summed E-state index contributed by atoms with van der Waals surface area (Å²) in [7, 11) is -3.18. The second kappa shape index (κ2) is 5.53. The summed E-state index contributed by atoms with van der Waals surface area (Å²) in [5.74, 6) is 0.920. The Morgan fingerprint density at radius 3 is 3.00 bits per heavy atom. The standard InChI is InChI=1S/C13H16N4O3S/c1-21(18,19)17-7-3-5-11(9-17)13-15-12(16-20-13)10-4-2-6-14-8-10/h2,4,6,8,11H,3,5,7,9H2,1H3. The molecule has 1 aliphatic heterocycles. The molecule has 21 heavy (non-hydrogen) atoms. The molecule has 3 heterocycles. The highest BCUT2D eigenvalue weighted by molar-refractivity contribution is 7.88. The molecule has 0 bridgehead atoms. The second-order valence-corrected chi connectivity index (χ2v) is 7.14. The summed E-state index contributed by atoms with van der Waals surface area (Å²) in [5.41, 5.74) is 0.781. The normalized spacial score (nSPS) is 20.5. The average molecular weight is 308 g/mol. The van der Waals surface area contributed by atoms with Gasteiger partial charge in [0, 0.05) is 31.0 Å². The van der Waals surface area contributed by atoms with Gasteiger partial charge in [-0.25, -0.2) is 12.7 Å². The maximum Gasteiger partial charge on any atom is 0.231 e. The second-order valence-electron chi connectivity index (χ2n) is 5.16. The number of hydrogen-bond donors (Lipinski definition) is 0. The molecule has 0 aliphatic carbocycles. The Kier molecular flexibility index (Phi) is 3.73. The third kappa shape index (κ3) is 3.11. The van der Waals surface area contributed by atoms with Crippen molar-refractivity contribution in [3.8, 4) is 11.4 Å². The molecule has 1 saturated heterocycles. The van der Waals surface area contributed by atoms with Crippen LogP contribution in [0.4, 0.5) is 0 Å². The van der Waals surface area contributed by atoms with Crippen molar-refractivity contribution in [2.45, 2.75) is 18.8 Å². The molecule has 8 heteroatoms. The molecule has 2 aromatic heterocycles. The summed E-state index contributed by atoms with van der Waals surface area (Å²) in [6, 6.07) is 3.66. The molecule has 0 amide bonds. The Morgan fingerprint density at radius 2 is 2.29 bits per heavy atom. The van der Waals surface area contributed by atoms with Crippen LogP contribution in [0.1, 0.15) is 24.7 Å². The van der Waals surface area contributed by atoms with Gasteiger partial charge in [-0.15, -0.1) is 0 Å². The monoisotopic (exact) mass is 308 g/mol. The van der Waals surface area contributed by atoms with Crippen molar-refractivity contribution in [1.29, 1.82) is 0 Å². The fraction of sp³-hybridized carbons (Fsp3) is 0.462. The van der Waals surface area contributed by atoms with Crippen LogP contribution in [0.15, 0.2) is 29.0 Å². The Morgan fingerprint density at radius 1 is 1.43 bits per heavy atom. The van der Waals surface area contributed by atoms with Crippen LogP contribution in [-0.2, 0) is 10.0 Å². The Hall–Kier alpha value is -1.80. The Labute approximate surface area is 123 Å². The van der Waals surface area contributed by atoms with E-state index < -0.39 is 10.0 Å². The molecule has 1 atom stereocenters. The number of nitrogens with zero attached hydrogens (tertiary/aromatic N) is 4. The van der Waals surface area contributed by atoms with Gasteiger partial charge in [-0.05, 0) is 25.0 Å². The summed E-state index contributed by atoms with van der Waals surface area (Å²) in [6.45, 7) is 0.951. The molecule has 1 fully saturated rings. The molecule has 2 aromatic rings. The molecule has 3 rings (SSSR count). The minimum Gasteiger partial charge on any atom is -0.339 e. The molecule has 0 saturated carbocycles. The zero-order valence-electron chi connectivity index (χ0n) is 11.6. The zero-order valence-corrected chi connectivity index (χ0v) is 12.5. The lowest BCUT2D eigenvalue weighted by Gasteiger charge is -2.28. The molecule has 1 unspecified atom stereocenters. The maximum absolute atomic E-state index is 11.6. The highest BCUT2D eigenvalue weighted by Crippen LogP contribution is 2.28. The first-order valence-corrected chi connectivity index (χ1v) is 8.58. The maximum atomic E-state index is 11.6. The van der Waals surface area contributed by atoms with Gasteiger partial charge in [0.2, 0.25) is 21.7 Å². The van der Waals surface area contributed by atoms with Gasteiger partial charge in [-0.3, -0.25) is 4.98 Å². The van der Waals surface area contributed by atoms with Gasteiger partial charge in [-0.1, -0.05) is 5.16 Å². The van der Waals surface area contributed by atoms with E-state index in [4.69, 9.17) is 4.52 Å². The molecule has 0 N–H and O–H groups in total. The smallest absolute Gasteiger partial charge is 0.231 e. The number of pyridine rings is 1. The van der Waals surface area contributed by atoms with Crippen LogP contribution in [0.2, 0.25) is 0 Å². The number of hydrogen-bond acceptors (Lipinski definition) is 6. The Bertz CT molecular complexity index is 714. The van der Waals surface area contributed by atoms with Crippen molar-refractivity contribution in [1.82, 2.24) is 19.4 Å². The topological polar surface area (TPSA) is 89.2 Å². The first-order valence-electron chi connectivity index (χ1n) is 6.73. The average Bonchev–Trinajstić information content (AvgIpc) is 2.97. The van der Waals surface area contributed by atoms with Gasteiger partial charge in [0.1, 0.15) is 0 Å². The van der Waals surface area contributed by atoms with Gasteiger partial charge in [-0.2, -0.15) is 4.98 Å². The highest BCUT2D eigenvalue weighted by Gasteiger charge is 2.30. The van der Waals surface area contributed by atoms with E-state index in [0.717, 1.165) is 18.4 Å². The molecule has 0 spiro atoms. The van der Waals surface area contributed by atoms with Crippen LogP contribution in [0, 0.1) is 0 Å². The van der Waals surface area contributed by atoms with E-state index in [-0.39, 0.29) is 5.92 Å². The molecule has 7 nitrogen and oxygen atoms in total. The summed E-state index contributed by atoms with van der Waals surface area (Å²) in [5, 5.41) is 3.95.